The highest BCUT2D eigenvalue weighted by Crippen LogP contribution is 2.30. The van der Waals surface area contributed by atoms with Gasteiger partial charge < -0.3 is 16.0 Å². The number of carbonyl (C=O) groups excluding carboxylic acids is 1. The first kappa shape index (κ1) is 22.4. The van der Waals surface area contributed by atoms with Crippen LogP contribution < -0.4 is 16.0 Å². The molecular weight excluding hydrogens is 564 g/mol. The van der Waals surface area contributed by atoms with Crippen molar-refractivity contribution in [2.45, 2.75) is 9.96 Å². The molecule has 0 aromatic heterocycles. The lowest BCUT2D eigenvalue weighted by molar-refractivity contribution is 0.0934. The second-order valence-electron chi connectivity index (χ2n) is 6.08. The van der Waals surface area contributed by atoms with Crippen LogP contribution in [0.25, 0.3) is 10.8 Å². The van der Waals surface area contributed by atoms with Gasteiger partial charge >= 0.3 is 0 Å². The van der Waals surface area contributed by atoms with Crippen LogP contribution in [0, 0.1) is 3.57 Å². The van der Waals surface area contributed by atoms with Crippen molar-refractivity contribution in [3.05, 3.63) is 75.9 Å². The van der Waals surface area contributed by atoms with E-state index in [2.05, 4.69) is 38.5 Å². The number of nitrogens with one attached hydrogen (secondary N) is 3. The van der Waals surface area contributed by atoms with Crippen molar-refractivity contribution in [3.8, 4) is 0 Å². The Morgan fingerprint density at radius 3 is 2.38 bits per heavy atom. The molecule has 3 aromatic carbocycles. The fraction of sp³-hybridized carbons (Fsp3) is 0.100. The van der Waals surface area contributed by atoms with Gasteiger partial charge in [-0.15, -0.1) is 0 Å². The predicted molar refractivity (Wildman–Crippen MR) is 134 cm³/mol. The van der Waals surface area contributed by atoms with E-state index in [0.717, 1.165) is 20.0 Å². The maximum absolute atomic E-state index is 12.6. The molecule has 0 bridgehead atoms. The Labute approximate surface area is 202 Å². The largest absolute Gasteiger partial charge is 0.339 e. The van der Waals surface area contributed by atoms with Crippen LogP contribution in [0.3, 0.4) is 0 Å². The zero-order valence-electron chi connectivity index (χ0n) is 14.8. The van der Waals surface area contributed by atoms with Gasteiger partial charge in [0.1, 0.15) is 6.17 Å². The van der Waals surface area contributed by atoms with Crippen LogP contribution in [0.5, 0.6) is 0 Å². The van der Waals surface area contributed by atoms with Gasteiger partial charge in [-0.1, -0.05) is 77.3 Å². The SMILES string of the molecule is O=C(N[C@H](NC(=S)Nc1cccc2ccccc12)C(Cl)(Cl)Cl)c1cccc(I)c1. The number of benzene rings is 3. The molecule has 0 aliphatic carbocycles. The monoisotopic (exact) mass is 577 g/mol. The van der Waals surface area contributed by atoms with Crippen molar-refractivity contribution in [2.75, 3.05) is 5.32 Å². The van der Waals surface area contributed by atoms with Gasteiger partial charge in [0.2, 0.25) is 3.79 Å². The number of hydrogen-bond acceptors (Lipinski definition) is 2. The lowest BCUT2D eigenvalue weighted by atomic mass is 10.1. The lowest BCUT2D eigenvalue weighted by Gasteiger charge is -2.28. The predicted octanol–water partition coefficient (Wildman–Crippen LogP) is 5.86. The first-order chi connectivity index (χ1) is 13.7. The van der Waals surface area contributed by atoms with Crippen molar-refractivity contribution in [1.29, 1.82) is 0 Å². The number of amides is 1. The highest BCUT2D eigenvalue weighted by molar-refractivity contribution is 14.1. The molecule has 0 radical (unpaired) electrons. The van der Waals surface area contributed by atoms with Crippen LogP contribution in [-0.2, 0) is 0 Å². The van der Waals surface area contributed by atoms with Crippen LogP contribution in [0.2, 0.25) is 0 Å². The molecule has 3 rings (SSSR count). The van der Waals surface area contributed by atoms with Crippen LogP contribution in [0.1, 0.15) is 10.4 Å². The molecule has 3 aromatic rings. The normalized spacial score (nSPS) is 12.3. The summed E-state index contributed by atoms with van der Waals surface area (Å²) in [5.41, 5.74) is 1.25. The number of hydrogen-bond donors (Lipinski definition) is 3. The van der Waals surface area contributed by atoms with Crippen LogP contribution in [-0.4, -0.2) is 21.0 Å². The van der Waals surface area contributed by atoms with Crippen molar-refractivity contribution >= 4 is 97.1 Å². The Morgan fingerprint density at radius 1 is 0.966 bits per heavy atom. The molecule has 1 atom stereocenters. The smallest absolute Gasteiger partial charge is 0.253 e. The number of halogens is 4. The van der Waals surface area contributed by atoms with Crippen molar-refractivity contribution in [2.24, 2.45) is 0 Å². The van der Waals surface area contributed by atoms with E-state index in [1.807, 2.05) is 48.5 Å². The number of carbonyl (C=O) groups is 1. The van der Waals surface area contributed by atoms with Crippen LogP contribution in [0.15, 0.2) is 66.7 Å². The second-order valence-corrected chi connectivity index (χ2v) is 10.1. The van der Waals surface area contributed by atoms with Crippen LogP contribution >= 0.6 is 69.6 Å². The summed E-state index contributed by atoms with van der Waals surface area (Å²) in [4.78, 5) is 12.6. The molecule has 0 aliphatic rings. The topological polar surface area (TPSA) is 53.2 Å². The van der Waals surface area contributed by atoms with E-state index in [0.29, 0.717) is 5.56 Å². The fourth-order valence-electron chi connectivity index (χ4n) is 2.67. The highest BCUT2D eigenvalue weighted by Gasteiger charge is 2.35. The number of anilines is 1. The van der Waals surface area contributed by atoms with Gasteiger partial charge in [-0.05, 0) is 64.5 Å². The van der Waals surface area contributed by atoms with E-state index >= 15 is 0 Å². The summed E-state index contributed by atoms with van der Waals surface area (Å²) in [6, 6.07) is 20.8. The molecule has 0 unspecified atom stereocenters. The second kappa shape index (κ2) is 9.66. The molecule has 0 fully saturated rings. The molecular formula is C20H15Cl3IN3OS. The van der Waals surface area contributed by atoms with Gasteiger partial charge in [-0.3, -0.25) is 4.79 Å². The fourth-order valence-corrected chi connectivity index (χ4v) is 3.77. The number of rotatable bonds is 4. The zero-order valence-corrected chi connectivity index (χ0v) is 20.0. The third-order valence-electron chi connectivity index (χ3n) is 4.00. The van der Waals surface area contributed by atoms with E-state index < -0.39 is 9.96 Å². The molecule has 4 nitrogen and oxygen atoms in total. The molecule has 29 heavy (non-hydrogen) atoms. The van der Waals surface area contributed by atoms with Crippen molar-refractivity contribution in [3.63, 3.8) is 0 Å². The number of fused-ring (bicyclic) bond motifs is 1. The summed E-state index contributed by atoms with van der Waals surface area (Å²) in [6.45, 7) is 0. The molecule has 0 aliphatic heterocycles. The Kier molecular flexibility index (Phi) is 7.45. The van der Waals surface area contributed by atoms with Gasteiger partial charge in [0.15, 0.2) is 5.11 Å². The molecule has 0 saturated heterocycles. The van der Waals surface area contributed by atoms with Gasteiger partial charge in [-0.2, -0.15) is 0 Å². The molecule has 1 amide bonds. The maximum Gasteiger partial charge on any atom is 0.253 e. The molecule has 9 heteroatoms. The Bertz CT molecular complexity index is 1050. The zero-order chi connectivity index (χ0) is 21.0. The van der Waals surface area contributed by atoms with E-state index in [-0.39, 0.29) is 11.0 Å². The highest BCUT2D eigenvalue weighted by atomic mass is 127. The first-order valence-electron chi connectivity index (χ1n) is 8.42. The summed E-state index contributed by atoms with van der Waals surface area (Å²) in [7, 11) is 0. The van der Waals surface area contributed by atoms with Gasteiger partial charge in [0, 0.05) is 20.2 Å². The Balaban J connectivity index is 1.74. The van der Waals surface area contributed by atoms with Crippen LogP contribution in [0.4, 0.5) is 5.69 Å². The third kappa shape index (κ3) is 6.08. The number of thiocarbonyl (C=S) groups is 1. The first-order valence-corrected chi connectivity index (χ1v) is 11.0. The standard InChI is InChI=1S/C20H15Cl3IN3OS/c21-20(22,23)18(26-17(28)13-7-3-8-14(24)11-13)27-19(29)25-16-10-4-6-12-5-1-2-9-15(12)16/h1-11,18H,(H,26,28)(H2,25,27,29)/t18-/m1/s1. The molecule has 150 valence electrons. The summed E-state index contributed by atoms with van der Waals surface area (Å²) in [5, 5.41) is 10.9. The third-order valence-corrected chi connectivity index (χ3v) is 5.55. The van der Waals surface area contributed by atoms with E-state index in [4.69, 9.17) is 47.0 Å². The van der Waals surface area contributed by atoms with Crippen molar-refractivity contribution < 1.29 is 4.79 Å². The lowest BCUT2D eigenvalue weighted by Crippen LogP contribution is -2.56. The number of alkyl halides is 3. The van der Waals surface area contributed by atoms with E-state index in [9.17, 15) is 4.79 Å². The quantitative estimate of drug-likeness (QED) is 0.157. The Morgan fingerprint density at radius 2 is 1.66 bits per heavy atom. The van der Waals surface area contributed by atoms with E-state index in [1.54, 1.807) is 18.2 Å². The van der Waals surface area contributed by atoms with Gasteiger partial charge in [0.05, 0.1) is 0 Å². The molecule has 0 spiro atoms. The average molecular weight is 579 g/mol. The molecule has 0 heterocycles. The molecule has 0 saturated carbocycles. The van der Waals surface area contributed by atoms with E-state index in [1.165, 1.54) is 0 Å². The van der Waals surface area contributed by atoms with Gasteiger partial charge in [-0.25, -0.2) is 0 Å². The summed E-state index contributed by atoms with van der Waals surface area (Å²) in [6.07, 6.45) is -1.05. The maximum atomic E-state index is 12.6. The average Bonchev–Trinajstić information content (AvgIpc) is 2.67. The minimum Gasteiger partial charge on any atom is -0.339 e. The van der Waals surface area contributed by atoms with Gasteiger partial charge in [0.25, 0.3) is 5.91 Å². The minimum atomic E-state index is -1.83. The minimum absolute atomic E-state index is 0.209. The Hall–Kier alpha value is -1.32. The summed E-state index contributed by atoms with van der Waals surface area (Å²) >= 11 is 25.7. The molecule has 3 N–H and O–H groups in total. The summed E-state index contributed by atoms with van der Waals surface area (Å²) < 4.78 is -0.913. The van der Waals surface area contributed by atoms with Crippen molar-refractivity contribution in [1.82, 2.24) is 10.6 Å². The summed E-state index contributed by atoms with van der Waals surface area (Å²) in [5.74, 6) is -0.389.